The summed E-state index contributed by atoms with van der Waals surface area (Å²) in [5, 5.41) is 4.73. The molecule has 1 aromatic heterocycles. The number of nitrogens with zero attached hydrogens (tertiary/aromatic N) is 3. The number of nitrogens with one attached hydrogen (secondary N) is 3. The zero-order valence-corrected chi connectivity index (χ0v) is 18.0. The summed E-state index contributed by atoms with van der Waals surface area (Å²) in [6.07, 6.45) is -17.8. The molecule has 0 spiro atoms. The lowest BCUT2D eigenvalue weighted by molar-refractivity contribution is -0.337. The molecule has 0 saturated heterocycles. The highest BCUT2D eigenvalue weighted by atomic mass is 19.4. The molecule has 37 heavy (non-hydrogen) atoms. The number of urea groups is 1. The highest BCUT2D eigenvalue weighted by molar-refractivity contribution is 5.98. The summed E-state index contributed by atoms with van der Waals surface area (Å²) >= 11 is 0. The van der Waals surface area contributed by atoms with E-state index >= 15 is 0 Å². The lowest BCUT2D eigenvalue weighted by atomic mass is 10.1. The molecule has 3 N–H and O–H groups in total. The Morgan fingerprint density at radius 1 is 0.892 bits per heavy atom. The second-order valence-corrected chi connectivity index (χ2v) is 7.01. The van der Waals surface area contributed by atoms with Crippen LogP contribution >= 0.6 is 0 Å². The summed E-state index contributed by atoms with van der Waals surface area (Å²) in [5.41, 5.74) is -1.38. The highest BCUT2D eigenvalue weighted by Crippen LogP contribution is 2.49. The fraction of sp³-hybridized carbons (Fsp3) is 0.333. The molecule has 4 amide bonds. The van der Waals surface area contributed by atoms with E-state index in [2.05, 4.69) is 5.10 Å². The number of alkyl halides is 10. The fourth-order valence-corrected chi connectivity index (χ4v) is 2.77. The van der Waals surface area contributed by atoms with E-state index < -0.39 is 70.6 Å². The van der Waals surface area contributed by atoms with Crippen LogP contribution in [0.4, 0.5) is 54.4 Å². The normalized spacial score (nSPS) is 12.6. The van der Waals surface area contributed by atoms with E-state index in [0.29, 0.717) is 23.0 Å². The van der Waals surface area contributed by atoms with Crippen molar-refractivity contribution in [2.45, 2.75) is 24.3 Å². The van der Waals surface area contributed by atoms with E-state index in [4.69, 9.17) is 0 Å². The maximum atomic E-state index is 14.7. The first-order chi connectivity index (χ1) is 16.8. The molecule has 0 unspecified atom stereocenters. The second-order valence-electron chi connectivity index (χ2n) is 7.01. The van der Waals surface area contributed by atoms with Crippen LogP contribution in [0, 0.1) is 0 Å². The van der Waals surface area contributed by atoms with Crippen molar-refractivity contribution >= 4 is 23.5 Å². The zero-order valence-electron chi connectivity index (χ0n) is 18.0. The lowest BCUT2D eigenvalue weighted by Gasteiger charge is -2.39. The quantitative estimate of drug-likeness (QED) is 0.301. The molecule has 204 valence electrons. The van der Waals surface area contributed by atoms with Crippen LogP contribution in [0.3, 0.4) is 0 Å². The summed E-state index contributed by atoms with van der Waals surface area (Å²) in [4.78, 5) is 34.7. The molecule has 2 rings (SSSR count). The van der Waals surface area contributed by atoms with Gasteiger partial charge in [-0.25, -0.2) is 15.1 Å². The summed E-state index contributed by atoms with van der Waals surface area (Å²) in [5.74, 6) is -9.25. The zero-order chi connectivity index (χ0) is 28.4. The minimum Gasteiger partial charge on any atom is -0.343 e. The predicted molar refractivity (Wildman–Crippen MR) is 102 cm³/mol. The number of hydrazine groups is 1. The Morgan fingerprint density at radius 2 is 1.43 bits per heavy atom. The molecule has 0 atom stereocenters. The number of para-hydroxylation sites is 1. The number of carbonyl (C=O) groups is 3. The smallest absolute Gasteiger partial charge is 0.343 e. The third-order valence-corrected chi connectivity index (χ3v) is 4.34. The first-order valence-electron chi connectivity index (χ1n) is 9.46. The van der Waals surface area contributed by atoms with Gasteiger partial charge < -0.3 is 5.32 Å². The molecule has 0 fully saturated rings. The molecule has 0 bridgehead atoms. The van der Waals surface area contributed by atoms with Crippen LogP contribution in [0.15, 0.2) is 36.5 Å². The van der Waals surface area contributed by atoms with Gasteiger partial charge in [0, 0.05) is 18.9 Å². The average Bonchev–Trinajstić information content (AvgIpc) is 3.17. The number of amides is 4. The van der Waals surface area contributed by atoms with Crippen LogP contribution in [0.2, 0.25) is 0 Å². The summed E-state index contributed by atoms with van der Waals surface area (Å²) < 4.78 is 134. The fourth-order valence-electron chi connectivity index (χ4n) is 2.77. The Kier molecular flexibility index (Phi) is 7.99. The number of halogens is 10. The minimum absolute atomic E-state index is 0.541. The minimum atomic E-state index is -6.70. The maximum absolute atomic E-state index is 14.7. The number of rotatable bonds is 5. The number of aromatic nitrogens is 2. The number of hydrogen-bond acceptors (Lipinski definition) is 4. The first kappa shape index (κ1) is 29.2. The third-order valence-electron chi connectivity index (χ3n) is 4.34. The number of anilines is 1. The van der Waals surface area contributed by atoms with Gasteiger partial charge in [-0.1, -0.05) is 18.2 Å². The molecular formula is C18H14F10N6O3. The van der Waals surface area contributed by atoms with E-state index in [1.165, 1.54) is 5.43 Å². The maximum Gasteiger partial charge on any atom is 0.452 e. The molecule has 1 aromatic carbocycles. The first-order valence-corrected chi connectivity index (χ1v) is 9.46. The lowest BCUT2D eigenvalue weighted by Crippen LogP contribution is -2.69. The van der Waals surface area contributed by atoms with Gasteiger partial charge in [-0.2, -0.15) is 49.0 Å². The largest absolute Gasteiger partial charge is 0.452 e. The van der Waals surface area contributed by atoms with Gasteiger partial charge in [0.15, 0.2) is 5.69 Å². The van der Waals surface area contributed by atoms with Crippen LogP contribution in [-0.2, 0) is 18.0 Å². The molecule has 9 nitrogen and oxygen atoms in total. The van der Waals surface area contributed by atoms with E-state index in [9.17, 15) is 58.3 Å². The number of hydrogen-bond donors (Lipinski definition) is 3. The number of benzene rings is 1. The van der Waals surface area contributed by atoms with Crippen molar-refractivity contribution in [3.05, 3.63) is 47.8 Å². The molecule has 19 heteroatoms. The van der Waals surface area contributed by atoms with Crippen molar-refractivity contribution in [1.82, 2.24) is 25.9 Å². The molecule has 0 aliphatic heterocycles. The van der Waals surface area contributed by atoms with Crippen molar-refractivity contribution < 1.29 is 58.3 Å². The highest BCUT2D eigenvalue weighted by Gasteiger charge is 2.77. The molecular weight excluding hydrogens is 538 g/mol. The topological polar surface area (TPSA) is 108 Å². The molecule has 0 saturated carbocycles. The molecule has 2 aromatic rings. The Hall–Kier alpha value is -4.06. The SMILES string of the molecule is Cn1cc(C(=O)NCC(=O)NNC(=O)N(c2ccccc2)C(F)(C(F)(F)F)C(F)(F)F)c(C(F)(F)F)n1. The van der Waals surface area contributed by atoms with Crippen LogP contribution < -0.4 is 21.1 Å². The van der Waals surface area contributed by atoms with E-state index in [0.717, 1.165) is 30.7 Å². The Morgan fingerprint density at radius 3 is 1.92 bits per heavy atom. The molecule has 1 heterocycles. The van der Waals surface area contributed by atoms with Gasteiger partial charge in [-0.3, -0.25) is 19.7 Å². The van der Waals surface area contributed by atoms with Gasteiger partial charge in [-0.05, 0) is 12.1 Å². The summed E-state index contributed by atoms with van der Waals surface area (Å²) in [7, 11) is 1.06. The van der Waals surface area contributed by atoms with Crippen LogP contribution in [-0.4, -0.2) is 52.3 Å². The van der Waals surface area contributed by atoms with Crippen LogP contribution in [0.1, 0.15) is 16.1 Å². The van der Waals surface area contributed by atoms with E-state index in [-0.39, 0.29) is 0 Å². The predicted octanol–water partition coefficient (Wildman–Crippen LogP) is 3.21. The summed E-state index contributed by atoms with van der Waals surface area (Å²) in [6, 6.07) is 1.57. The van der Waals surface area contributed by atoms with Crippen molar-refractivity contribution in [2.75, 3.05) is 11.4 Å². The van der Waals surface area contributed by atoms with Crippen molar-refractivity contribution in [2.24, 2.45) is 7.05 Å². The monoisotopic (exact) mass is 552 g/mol. The van der Waals surface area contributed by atoms with E-state index in [1.807, 2.05) is 0 Å². The molecule has 0 radical (unpaired) electrons. The molecule has 0 aliphatic carbocycles. The molecule has 0 aliphatic rings. The Balaban J connectivity index is 2.19. The average molecular weight is 552 g/mol. The van der Waals surface area contributed by atoms with Gasteiger partial charge in [0.05, 0.1) is 12.1 Å². The number of aryl methyl sites for hydroxylation is 1. The van der Waals surface area contributed by atoms with Crippen LogP contribution in [0.5, 0.6) is 0 Å². The van der Waals surface area contributed by atoms with Crippen molar-refractivity contribution in [3.8, 4) is 0 Å². The van der Waals surface area contributed by atoms with Gasteiger partial charge in [-0.15, -0.1) is 0 Å². The Bertz CT molecular complexity index is 1130. The third kappa shape index (κ3) is 6.20. The van der Waals surface area contributed by atoms with Crippen molar-refractivity contribution in [3.63, 3.8) is 0 Å². The van der Waals surface area contributed by atoms with Gasteiger partial charge in [0.1, 0.15) is 0 Å². The van der Waals surface area contributed by atoms with Crippen molar-refractivity contribution in [1.29, 1.82) is 0 Å². The van der Waals surface area contributed by atoms with E-state index in [1.54, 1.807) is 5.32 Å². The van der Waals surface area contributed by atoms with Gasteiger partial charge >= 0.3 is 30.4 Å². The summed E-state index contributed by atoms with van der Waals surface area (Å²) in [6.45, 7) is -1.21. The van der Waals surface area contributed by atoms with Gasteiger partial charge in [0.25, 0.3) is 11.8 Å². The van der Waals surface area contributed by atoms with Crippen LogP contribution in [0.25, 0.3) is 0 Å². The second kappa shape index (κ2) is 10.1. The Labute approximate surface area is 199 Å². The number of carbonyl (C=O) groups excluding carboxylic acids is 3. The standard InChI is InChI=1S/C18H14F10N6O3/c1-33-8-10(12(32-33)15(19,20)21)13(36)29-7-11(35)30-31-14(37)34(9-5-3-2-4-6-9)16(22,17(23,24)25)18(26,27)28/h2-6,8H,7H2,1H3,(H,29,36)(H,30,35)(H,31,37). The van der Waals surface area contributed by atoms with Gasteiger partial charge in [0.2, 0.25) is 0 Å².